The SMILES string of the molecule is COc1cc(-n2c(=O)n3n(c2=O)CCS(=O)(=O)CC3)c(F)cc1Cl. The zero-order chi connectivity index (χ0) is 17.6. The fourth-order valence-electron chi connectivity index (χ4n) is 2.56. The van der Waals surface area contributed by atoms with Gasteiger partial charge in [0, 0.05) is 6.07 Å². The molecule has 1 aromatic heterocycles. The quantitative estimate of drug-likeness (QED) is 0.736. The molecule has 0 saturated heterocycles. The molecule has 130 valence electrons. The summed E-state index contributed by atoms with van der Waals surface area (Å²) in [6.07, 6.45) is 0. The number of halogens is 2. The fraction of sp³-hybridized carbons (Fsp3) is 0.385. The summed E-state index contributed by atoms with van der Waals surface area (Å²) in [5, 5.41) is -0.00114. The van der Waals surface area contributed by atoms with Crippen LogP contribution >= 0.6 is 11.6 Å². The molecule has 3 rings (SSSR count). The van der Waals surface area contributed by atoms with E-state index in [1.807, 2.05) is 0 Å². The molecule has 1 aromatic carbocycles. The zero-order valence-electron chi connectivity index (χ0n) is 12.5. The molecule has 8 nitrogen and oxygen atoms in total. The van der Waals surface area contributed by atoms with Crippen molar-refractivity contribution in [2.45, 2.75) is 13.1 Å². The molecular weight excluding hydrogens is 365 g/mol. The van der Waals surface area contributed by atoms with Gasteiger partial charge in [-0.1, -0.05) is 11.6 Å². The van der Waals surface area contributed by atoms with Crippen molar-refractivity contribution < 1.29 is 17.5 Å². The lowest BCUT2D eigenvalue weighted by molar-refractivity contribution is 0.413. The van der Waals surface area contributed by atoms with Crippen LogP contribution < -0.4 is 16.1 Å². The van der Waals surface area contributed by atoms with E-state index < -0.39 is 27.0 Å². The van der Waals surface area contributed by atoms with Crippen molar-refractivity contribution in [3.8, 4) is 11.4 Å². The summed E-state index contributed by atoms with van der Waals surface area (Å²) < 4.78 is 45.2. The second-order valence-corrected chi connectivity index (χ2v) is 7.95. The summed E-state index contributed by atoms with van der Waals surface area (Å²) in [4.78, 5) is 25.0. The maximum absolute atomic E-state index is 14.2. The van der Waals surface area contributed by atoms with Gasteiger partial charge in [0.2, 0.25) is 0 Å². The van der Waals surface area contributed by atoms with Gasteiger partial charge in [-0.2, -0.15) is 0 Å². The Morgan fingerprint density at radius 1 is 1.12 bits per heavy atom. The average molecular weight is 378 g/mol. The fourth-order valence-corrected chi connectivity index (χ4v) is 3.89. The van der Waals surface area contributed by atoms with Gasteiger partial charge in [0.05, 0.1) is 42.4 Å². The van der Waals surface area contributed by atoms with Gasteiger partial charge in [0.1, 0.15) is 11.6 Å². The van der Waals surface area contributed by atoms with Crippen LogP contribution in [0.3, 0.4) is 0 Å². The van der Waals surface area contributed by atoms with Gasteiger partial charge in [0.25, 0.3) is 0 Å². The van der Waals surface area contributed by atoms with Crippen LogP contribution in [0.4, 0.5) is 4.39 Å². The van der Waals surface area contributed by atoms with Crippen molar-refractivity contribution in [3.05, 3.63) is 43.9 Å². The van der Waals surface area contributed by atoms with Crippen LogP contribution in [0, 0.1) is 5.82 Å². The van der Waals surface area contributed by atoms with Crippen LogP contribution in [-0.2, 0) is 22.9 Å². The van der Waals surface area contributed by atoms with Crippen molar-refractivity contribution in [2.75, 3.05) is 18.6 Å². The van der Waals surface area contributed by atoms with E-state index in [-0.39, 0.29) is 41.1 Å². The second-order valence-electron chi connectivity index (χ2n) is 5.24. The number of methoxy groups -OCH3 is 1. The van der Waals surface area contributed by atoms with Crippen LogP contribution in [0.2, 0.25) is 5.02 Å². The lowest BCUT2D eigenvalue weighted by Crippen LogP contribution is -2.30. The Balaban J connectivity index is 2.23. The number of nitrogens with zero attached hydrogens (tertiary/aromatic N) is 3. The van der Waals surface area contributed by atoms with Crippen LogP contribution in [0.1, 0.15) is 0 Å². The van der Waals surface area contributed by atoms with Gasteiger partial charge in [-0.3, -0.25) is 0 Å². The van der Waals surface area contributed by atoms with Crippen LogP contribution in [0.15, 0.2) is 21.7 Å². The van der Waals surface area contributed by atoms with Crippen LogP contribution in [0.25, 0.3) is 5.69 Å². The first-order valence-corrected chi connectivity index (χ1v) is 9.11. The highest BCUT2D eigenvalue weighted by Crippen LogP contribution is 2.28. The number of hydrogen-bond acceptors (Lipinski definition) is 5. The topological polar surface area (TPSA) is 92.3 Å². The highest BCUT2D eigenvalue weighted by Gasteiger charge is 2.25. The van der Waals surface area contributed by atoms with Crippen molar-refractivity contribution >= 4 is 21.4 Å². The van der Waals surface area contributed by atoms with Gasteiger partial charge < -0.3 is 4.74 Å². The van der Waals surface area contributed by atoms with Crippen molar-refractivity contribution in [1.29, 1.82) is 0 Å². The number of fused-ring (bicyclic) bond motifs is 1. The molecule has 2 aromatic rings. The molecular formula is C13H13ClFN3O5S. The molecule has 1 aliphatic rings. The van der Waals surface area contributed by atoms with Gasteiger partial charge in [-0.15, -0.1) is 0 Å². The Morgan fingerprint density at radius 2 is 1.67 bits per heavy atom. The van der Waals surface area contributed by atoms with Gasteiger partial charge >= 0.3 is 11.4 Å². The standard InChI is InChI=1S/C13H13ClFN3O5S/c1-23-11-7-10(9(15)6-8(11)14)18-12(19)16-2-4-24(21,22)5-3-17(16)13(18)20/h6-7H,2-5H2,1H3. The molecule has 0 saturated carbocycles. The van der Waals surface area contributed by atoms with E-state index in [4.69, 9.17) is 16.3 Å². The van der Waals surface area contributed by atoms with E-state index in [1.54, 1.807) is 0 Å². The molecule has 0 radical (unpaired) electrons. The van der Waals surface area contributed by atoms with Gasteiger partial charge in [-0.05, 0) is 6.07 Å². The molecule has 11 heteroatoms. The number of benzene rings is 1. The summed E-state index contributed by atoms with van der Waals surface area (Å²) in [5.41, 5.74) is -1.94. The number of hydrogen-bond donors (Lipinski definition) is 0. The van der Waals surface area contributed by atoms with E-state index >= 15 is 0 Å². The predicted molar refractivity (Wildman–Crippen MR) is 84.5 cm³/mol. The Morgan fingerprint density at radius 3 is 2.17 bits per heavy atom. The third-order valence-electron chi connectivity index (χ3n) is 3.81. The zero-order valence-corrected chi connectivity index (χ0v) is 14.1. The largest absolute Gasteiger partial charge is 0.495 e. The maximum atomic E-state index is 14.2. The summed E-state index contributed by atoms with van der Waals surface area (Å²) in [7, 11) is -2.01. The van der Waals surface area contributed by atoms with Crippen molar-refractivity contribution in [3.63, 3.8) is 0 Å². The Kier molecular flexibility index (Phi) is 4.04. The smallest absolute Gasteiger partial charge is 0.351 e. The molecule has 0 unspecified atom stereocenters. The summed E-state index contributed by atoms with van der Waals surface area (Å²) >= 11 is 5.82. The molecule has 0 fully saturated rings. The van der Waals surface area contributed by atoms with Crippen LogP contribution in [-0.4, -0.2) is 41.0 Å². The van der Waals surface area contributed by atoms with E-state index in [0.29, 0.717) is 4.57 Å². The molecule has 0 N–H and O–H groups in total. The first-order chi connectivity index (χ1) is 11.2. The number of sulfone groups is 1. The molecule has 1 aliphatic heterocycles. The van der Waals surface area contributed by atoms with E-state index in [9.17, 15) is 22.4 Å². The predicted octanol–water partition coefficient (Wildman–Crippen LogP) is 0.0302. The van der Waals surface area contributed by atoms with Gasteiger partial charge in [-0.25, -0.2) is 36.3 Å². The summed E-state index contributed by atoms with van der Waals surface area (Å²) in [6, 6.07) is 2.09. The second kappa shape index (κ2) is 5.78. The Hall–Kier alpha value is -2.07. The average Bonchev–Trinajstić information content (AvgIpc) is 2.64. The van der Waals surface area contributed by atoms with Crippen molar-refractivity contribution in [1.82, 2.24) is 13.9 Å². The molecule has 0 amide bonds. The summed E-state index contributed by atoms with van der Waals surface area (Å²) in [6.45, 7) is -0.342. The molecule has 0 atom stereocenters. The number of ether oxygens (including phenoxy) is 1. The van der Waals surface area contributed by atoms with Crippen LogP contribution in [0.5, 0.6) is 5.75 Å². The first-order valence-electron chi connectivity index (χ1n) is 6.91. The summed E-state index contributed by atoms with van der Waals surface area (Å²) in [5.74, 6) is -1.28. The maximum Gasteiger partial charge on any atom is 0.351 e. The molecule has 0 aliphatic carbocycles. The molecule has 0 bridgehead atoms. The Bertz CT molecular complexity index is 992. The lowest BCUT2D eigenvalue weighted by atomic mass is 10.3. The van der Waals surface area contributed by atoms with E-state index in [0.717, 1.165) is 21.5 Å². The number of aromatic nitrogens is 3. The third kappa shape index (κ3) is 2.65. The van der Waals surface area contributed by atoms with E-state index in [1.165, 1.54) is 7.11 Å². The highest BCUT2D eigenvalue weighted by molar-refractivity contribution is 7.91. The lowest BCUT2D eigenvalue weighted by Gasteiger charge is -2.07. The highest BCUT2D eigenvalue weighted by atomic mass is 35.5. The normalized spacial score (nSPS) is 16.5. The minimum Gasteiger partial charge on any atom is -0.495 e. The Labute approximate surface area is 140 Å². The van der Waals surface area contributed by atoms with E-state index in [2.05, 4.69) is 0 Å². The molecule has 0 spiro atoms. The minimum atomic E-state index is -3.33. The third-order valence-corrected chi connectivity index (χ3v) is 5.71. The number of rotatable bonds is 2. The first kappa shape index (κ1) is 16.8. The minimum absolute atomic E-state index is 0.00114. The molecule has 2 heterocycles. The monoisotopic (exact) mass is 377 g/mol. The molecule has 24 heavy (non-hydrogen) atoms. The van der Waals surface area contributed by atoms with Gasteiger partial charge in [0.15, 0.2) is 9.84 Å². The van der Waals surface area contributed by atoms with Crippen molar-refractivity contribution in [2.24, 2.45) is 0 Å².